The van der Waals surface area contributed by atoms with E-state index in [9.17, 15) is 9.18 Å². The lowest BCUT2D eigenvalue weighted by Gasteiger charge is -2.33. The molecule has 1 saturated heterocycles. The Labute approximate surface area is 164 Å². The van der Waals surface area contributed by atoms with Crippen LogP contribution < -0.4 is 0 Å². The summed E-state index contributed by atoms with van der Waals surface area (Å²) < 4.78 is 13.9. The van der Waals surface area contributed by atoms with Gasteiger partial charge < -0.3 is 9.88 Å². The molecule has 1 aliphatic heterocycles. The first kappa shape index (κ1) is 18.4. The number of piperidine rings is 1. The van der Waals surface area contributed by atoms with Crippen molar-refractivity contribution in [3.8, 4) is 11.4 Å². The summed E-state index contributed by atoms with van der Waals surface area (Å²) >= 11 is 0. The average Bonchev–Trinajstić information content (AvgIpc) is 3.28. The number of aromatic amines is 1. The lowest BCUT2D eigenvalue weighted by molar-refractivity contribution is 0.0668. The molecule has 1 amide bonds. The first-order valence-electron chi connectivity index (χ1n) is 9.83. The SMILES string of the molecule is O=C(c1cccc(-c2ncc[nH]2)c1)N1CCCC(CCc2ccccc2F)C1. The summed E-state index contributed by atoms with van der Waals surface area (Å²) in [7, 11) is 0. The summed E-state index contributed by atoms with van der Waals surface area (Å²) in [6.45, 7) is 1.51. The first-order chi connectivity index (χ1) is 13.7. The van der Waals surface area contributed by atoms with Crippen LogP contribution in [0, 0.1) is 11.7 Å². The van der Waals surface area contributed by atoms with E-state index in [0.29, 0.717) is 17.9 Å². The Morgan fingerprint density at radius 1 is 1.21 bits per heavy atom. The largest absolute Gasteiger partial charge is 0.345 e. The molecule has 0 aliphatic carbocycles. The summed E-state index contributed by atoms with van der Waals surface area (Å²) in [5.74, 6) is 1.09. The molecule has 3 aromatic rings. The zero-order valence-corrected chi connectivity index (χ0v) is 15.8. The van der Waals surface area contributed by atoms with Gasteiger partial charge in [-0.05, 0) is 55.4 Å². The number of imidazole rings is 1. The summed E-state index contributed by atoms with van der Waals surface area (Å²) in [5.41, 5.74) is 2.35. The van der Waals surface area contributed by atoms with Gasteiger partial charge in [0.05, 0.1) is 0 Å². The van der Waals surface area contributed by atoms with Gasteiger partial charge in [-0.2, -0.15) is 0 Å². The van der Waals surface area contributed by atoms with E-state index in [4.69, 9.17) is 0 Å². The lowest BCUT2D eigenvalue weighted by atomic mass is 9.91. The quantitative estimate of drug-likeness (QED) is 0.701. The zero-order chi connectivity index (χ0) is 19.3. The van der Waals surface area contributed by atoms with Gasteiger partial charge in [0.15, 0.2) is 0 Å². The van der Waals surface area contributed by atoms with Gasteiger partial charge in [-0.3, -0.25) is 4.79 Å². The number of carbonyl (C=O) groups excluding carboxylic acids is 1. The van der Waals surface area contributed by atoms with Crippen molar-refractivity contribution in [1.82, 2.24) is 14.9 Å². The number of carbonyl (C=O) groups is 1. The van der Waals surface area contributed by atoms with E-state index in [-0.39, 0.29) is 11.7 Å². The fraction of sp³-hybridized carbons (Fsp3) is 0.304. The fourth-order valence-corrected chi connectivity index (χ4v) is 3.95. The van der Waals surface area contributed by atoms with Crippen LogP contribution in [0.4, 0.5) is 4.39 Å². The number of halogens is 1. The van der Waals surface area contributed by atoms with Gasteiger partial charge in [-0.15, -0.1) is 0 Å². The summed E-state index contributed by atoms with van der Waals surface area (Å²) in [6, 6.07) is 14.5. The van der Waals surface area contributed by atoms with E-state index in [1.165, 1.54) is 6.07 Å². The van der Waals surface area contributed by atoms with Crippen molar-refractivity contribution < 1.29 is 9.18 Å². The fourth-order valence-electron chi connectivity index (χ4n) is 3.95. The minimum Gasteiger partial charge on any atom is -0.345 e. The standard InChI is InChI=1S/C23H24FN3O/c24-21-9-2-1-6-18(21)11-10-17-5-4-14-27(16-17)23(28)20-8-3-7-19(15-20)22-25-12-13-26-22/h1-3,6-9,12-13,15,17H,4-5,10-11,14,16H2,(H,25,26). The number of aromatic nitrogens is 2. The van der Waals surface area contributed by atoms with Crippen LogP contribution in [0.2, 0.25) is 0 Å². The number of nitrogens with zero attached hydrogens (tertiary/aromatic N) is 2. The van der Waals surface area contributed by atoms with Gasteiger partial charge in [0.1, 0.15) is 11.6 Å². The van der Waals surface area contributed by atoms with Gasteiger partial charge >= 0.3 is 0 Å². The lowest BCUT2D eigenvalue weighted by Crippen LogP contribution is -2.40. The van der Waals surface area contributed by atoms with E-state index in [1.54, 1.807) is 18.5 Å². The molecule has 2 aromatic carbocycles. The summed E-state index contributed by atoms with van der Waals surface area (Å²) in [4.78, 5) is 22.3. The van der Waals surface area contributed by atoms with E-state index in [1.807, 2.05) is 41.3 Å². The van der Waals surface area contributed by atoms with E-state index >= 15 is 0 Å². The molecule has 1 aliphatic rings. The highest BCUT2D eigenvalue weighted by molar-refractivity contribution is 5.95. The van der Waals surface area contributed by atoms with E-state index in [2.05, 4.69) is 9.97 Å². The van der Waals surface area contributed by atoms with Gasteiger partial charge in [0.2, 0.25) is 0 Å². The highest BCUT2D eigenvalue weighted by Gasteiger charge is 2.24. The van der Waals surface area contributed by atoms with Crippen LogP contribution in [-0.4, -0.2) is 33.9 Å². The molecule has 1 atom stereocenters. The van der Waals surface area contributed by atoms with E-state index < -0.39 is 0 Å². The minimum absolute atomic E-state index is 0.0593. The van der Waals surface area contributed by atoms with Crippen molar-refractivity contribution in [2.24, 2.45) is 5.92 Å². The Bertz CT molecular complexity index is 939. The predicted octanol–water partition coefficient (Wildman–Crippen LogP) is 4.70. The van der Waals surface area contributed by atoms with Gasteiger partial charge in [0, 0.05) is 36.6 Å². The molecule has 4 rings (SSSR count). The topological polar surface area (TPSA) is 49.0 Å². The average molecular weight is 377 g/mol. The number of hydrogen-bond donors (Lipinski definition) is 1. The third-order valence-electron chi connectivity index (χ3n) is 5.47. The molecule has 1 N–H and O–H groups in total. The number of likely N-dealkylation sites (tertiary alicyclic amines) is 1. The van der Waals surface area contributed by atoms with E-state index in [0.717, 1.165) is 49.3 Å². The number of H-pyrrole nitrogens is 1. The predicted molar refractivity (Wildman–Crippen MR) is 107 cm³/mol. The second-order valence-corrected chi connectivity index (χ2v) is 7.41. The molecular formula is C23H24FN3O. The number of aryl methyl sites for hydroxylation is 1. The molecule has 0 saturated carbocycles. The summed E-state index contributed by atoms with van der Waals surface area (Å²) in [6.07, 6.45) is 7.17. The van der Waals surface area contributed by atoms with Gasteiger partial charge in [0.25, 0.3) is 5.91 Å². The minimum atomic E-state index is -0.138. The van der Waals surface area contributed by atoms with Crippen LogP contribution in [0.15, 0.2) is 60.9 Å². The number of nitrogens with one attached hydrogen (secondary N) is 1. The zero-order valence-electron chi connectivity index (χ0n) is 15.8. The Morgan fingerprint density at radius 3 is 2.93 bits per heavy atom. The van der Waals surface area contributed by atoms with Crippen LogP contribution in [-0.2, 0) is 6.42 Å². The Kier molecular flexibility index (Phi) is 5.51. The highest BCUT2D eigenvalue weighted by Crippen LogP contribution is 2.24. The molecule has 5 heteroatoms. The van der Waals surface area contributed by atoms with Crippen LogP contribution in [0.5, 0.6) is 0 Å². The second kappa shape index (κ2) is 8.38. The van der Waals surface area contributed by atoms with Crippen LogP contribution >= 0.6 is 0 Å². The van der Waals surface area contributed by atoms with Crippen LogP contribution in [0.1, 0.15) is 35.2 Å². The number of benzene rings is 2. The van der Waals surface area contributed by atoms with Gasteiger partial charge in [-0.1, -0.05) is 30.3 Å². The Morgan fingerprint density at radius 2 is 2.11 bits per heavy atom. The Balaban J connectivity index is 1.41. The maximum absolute atomic E-state index is 13.9. The third-order valence-corrected chi connectivity index (χ3v) is 5.47. The third kappa shape index (κ3) is 4.14. The van der Waals surface area contributed by atoms with Crippen LogP contribution in [0.25, 0.3) is 11.4 Å². The molecular weight excluding hydrogens is 353 g/mol. The van der Waals surface area contributed by atoms with Crippen molar-refractivity contribution in [2.45, 2.75) is 25.7 Å². The van der Waals surface area contributed by atoms with Crippen molar-refractivity contribution in [3.05, 3.63) is 77.9 Å². The smallest absolute Gasteiger partial charge is 0.253 e. The number of hydrogen-bond acceptors (Lipinski definition) is 2. The van der Waals surface area contributed by atoms with Crippen molar-refractivity contribution in [2.75, 3.05) is 13.1 Å². The Hall–Kier alpha value is -2.95. The van der Waals surface area contributed by atoms with Crippen molar-refractivity contribution in [1.29, 1.82) is 0 Å². The second-order valence-electron chi connectivity index (χ2n) is 7.41. The van der Waals surface area contributed by atoms with Crippen LogP contribution in [0.3, 0.4) is 0 Å². The normalized spacial score (nSPS) is 16.9. The molecule has 1 fully saturated rings. The molecule has 0 bridgehead atoms. The maximum Gasteiger partial charge on any atom is 0.253 e. The molecule has 1 unspecified atom stereocenters. The van der Waals surface area contributed by atoms with Crippen molar-refractivity contribution >= 4 is 5.91 Å². The van der Waals surface area contributed by atoms with Gasteiger partial charge in [-0.25, -0.2) is 9.37 Å². The molecule has 144 valence electrons. The maximum atomic E-state index is 13.9. The highest BCUT2D eigenvalue weighted by atomic mass is 19.1. The van der Waals surface area contributed by atoms with Crippen molar-refractivity contribution in [3.63, 3.8) is 0 Å². The molecule has 28 heavy (non-hydrogen) atoms. The molecule has 1 aromatic heterocycles. The number of rotatable bonds is 5. The summed E-state index contributed by atoms with van der Waals surface area (Å²) in [5, 5.41) is 0. The molecule has 0 radical (unpaired) electrons. The monoisotopic (exact) mass is 377 g/mol. The molecule has 4 nitrogen and oxygen atoms in total. The first-order valence-corrected chi connectivity index (χ1v) is 9.83. The number of amides is 1. The molecule has 0 spiro atoms. The molecule has 2 heterocycles.